The largest absolute Gasteiger partial charge is 0.353 e. The van der Waals surface area contributed by atoms with Gasteiger partial charge >= 0.3 is 0 Å². The summed E-state index contributed by atoms with van der Waals surface area (Å²) in [4.78, 5) is 15.2. The molecule has 0 aliphatic carbocycles. The number of nitrogens with zero attached hydrogens (tertiary/aromatic N) is 4. The summed E-state index contributed by atoms with van der Waals surface area (Å²) < 4.78 is 14.8. The molecule has 202 valence electrons. The molecule has 6 rings (SSSR count). The van der Waals surface area contributed by atoms with Gasteiger partial charge in [-0.15, -0.1) is 0 Å². The first-order chi connectivity index (χ1) is 19.6. The quantitative estimate of drug-likeness (QED) is 0.193. The van der Waals surface area contributed by atoms with Crippen LogP contribution in [0, 0.1) is 5.82 Å². The molecular formula is C33H33FN6. The number of likely N-dealkylation sites (tertiary alicyclic amines) is 1. The Morgan fingerprint density at radius 3 is 2.73 bits per heavy atom. The van der Waals surface area contributed by atoms with E-state index in [2.05, 4.69) is 42.7 Å². The molecule has 1 saturated heterocycles. The average Bonchev–Trinajstić information content (AvgIpc) is 3.72. The predicted molar refractivity (Wildman–Crippen MR) is 161 cm³/mol. The number of nitrogens with one attached hydrogen (secondary N) is 2. The topological polar surface area (TPSA) is 73.5 Å². The van der Waals surface area contributed by atoms with E-state index in [4.69, 9.17) is 0 Å². The van der Waals surface area contributed by atoms with Crippen LogP contribution in [0.5, 0.6) is 0 Å². The minimum atomic E-state index is -0.231. The first kappa shape index (κ1) is 25.9. The number of rotatable bonds is 9. The minimum Gasteiger partial charge on any atom is -0.353 e. The molecule has 5 aromatic rings. The first-order valence-corrected chi connectivity index (χ1v) is 13.9. The molecule has 0 bridgehead atoms. The molecule has 1 aliphatic heterocycles. The van der Waals surface area contributed by atoms with E-state index in [1.807, 2.05) is 49.4 Å². The Hall–Kier alpha value is -4.36. The first-order valence-electron chi connectivity index (χ1n) is 13.9. The van der Waals surface area contributed by atoms with Gasteiger partial charge in [0.15, 0.2) is 0 Å². The van der Waals surface area contributed by atoms with Gasteiger partial charge in [0.1, 0.15) is 11.5 Å². The lowest BCUT2D eigenvalue weighted by atomic mass is 10.0. The van der Waals surface area contributed by atoms with Crippen molar-refractivity contribution in [2.24, 2.45) is 0 Å². The number of halogens is 1. The number of fused-ring (bicyclic) bond motifs is 2. The van der Waals surface area contributed by atoms with Crippen molar-refractivity contribution in [3.8, 4) is 22.6 Å². The lowest BCUT2D eigenvalue weighted by molar-refractivity contribution is 0.334. The molecule has 0 saturated carbocycles. The number of aryl methyl sites for hydroxylation is 1. The summed E-state index contributed by atoms with van der Waals surface area (Å²) in [7, 11) is 0. The van der Waals surface area contributed by atoms with Gasteiger partial charge in [-0.05, 0) is 99.8 Å². The van der Waals surface area contributed by atoms with E-state index in [0.717, 1.165) is 80.7 Å². The van der Waals surface area contributed by atoms with Crippen LogP contribution in [0.4, 0.5) is 4.39 Å². The van der Waals surface area contributed by atoms with E-state index in [1.54, 1.807) is 24.5 Å². The van der Waals surface area contributed by atoms with E-state index < -0.39 is 0 Å². The molecule has 0 unspecified atom stereocenters. The highest BCUT2D eigenvalue weighted by Crippen LogP contribution is 2.34. The van der Waals surface area contributed by atoms with Gasteiger partial charge in [-0.25, -0.2) is 4.39 Å². The molecule has 0 atom stereocenters. The molecule has 0 radical (unpaired) electrons. The molecule has 1 aromatic carbocycles. The van der Waals surface area contributed by atoms with Crippen molar-refractivity contribution in [1.82, 2.24) is 30.0 Å². The standard InChI is InChI=1S/C33H33FN6/c1-3-4-5-9-22(2)29-19-27-31(21-36-29)38-39-33(27)30-20-26-28(37-30)11-12-35-32(26)24-16-23(17-25(34)18-24)10-8-15-40-13-6-7-14-40/h3-5,9,11-12,16-21,37H,2,6-8,10,13-15H2,1H3,(H,38,39)/b4-3-,9-5-. The zero-order chi connectivity index (χ0) is 27.5. The summed E-state index contributed by atoms with van der Waals surface area (Å²) in [5.41, 5.74) is 7.54. The third-order valence-electron chi connectivity index (χ3n) is 7.55. The number of aromatic nitrogens is 5. The molecule has 1 fully saturated rings. The van der Waals surface area contributed by atoms with Crippen LogP contribution in [0.1, 0.15) is 37.4 Å². The second-order valence-corrected chi connectivity index (χ2v) is 10.4. The van der Waals surface area contributed by atoms with Crippen molar-refractivity contribution in [2.75, 3.05) is 19.6 Å². The van der Waals surface area contributed by atoms with Gasteiger partial charge in [0, 0.05) is 28.0 Å². The van der Waals surface area contributed by atoms with Crippen molar-refractivity contribution in [3.63, 3.8) is 0 Å². The number of H-pyrrole nitrogens is 2. The van der Waals surface area contributed by atoms with Gasteiger partial charge in [0.25, 0.3) is 0 Å². The Morgan fingerprint density at radius 1 is 1.02 bits per heavy atom. The average molecular weight is 533 g/mol. The van der Waals surface area contributed by atoms with Crippen molar-refractivity contribution in [3.05, 3.63) is 96.7 Å². The third kappa shape index (κ3) is 5.38. The number of hydrogen-bond acceptors (Lipinski definition) is 4. The van der Waals surface area contributed by atoms with Crippen LogP contribution in [-0.2, 0) is 6.42 Å². The van der Waals surface area contributed by atoms with Gasteiger partial charge < -0.3 is 9.88 Å². The Kier molecular flexibility index (Phi) is 7.38. The van der Waals surface area contributed by atoms with E-state index in [0.29, 0.717) is 0 Å². The maximum atomic E-state index is 14.8. The van der Waals surface area contributed by atoms with Gasteiger partial charge in [0.05, 0.1) is 28.8 Å². The second-order valence-electron chi connectivity index (χ2n) is 10.4. The van der Waals surface area contributed by atoms with Gasteiger partial charge in [-0.2, -0.15) is 5.10 Å². The smallest absolute Gasteiger partial charge is 0.124 e. The fourth-order valence-electron chi connectivity index (χ4n) is 5.52. The zero-order valence-corrected chi connectivity index (χ0v) is 22.8. The molecular weight excluding hydrogens is 499 g/mol. The molecule has 5 heterocycles. The van der Waals surface area contributed by atoms with Crippen molar-refractivity contribution < 1.29 is 4.39 Å². The molecule has 4 aromatic heterocycles. The number of benzene rings is 1. The summed E-state index contributed by atoms with van der Waals surface area (Å²) >= 11 is 0. The Bertz CT molecular complexity index is 1730. The second kappa shape index (κ2) is 11.4. The van der Waals surface area contributed by atoms with Crippen LogP contribution in [0.25, 0.3) is 50.0 Å². The SMILES string of the molecule is C=C(/C=C\C=C/C)c1cc2c(-c3cc4c(-c5cc(F)cc(CCCN6CCCC6)c5)nccc4[nH]3)n[nH]c2cn1. The summed E-state index contributed by atoms with van der Waals surface area (Å²) in [6.07, 6.45) is 15.8. The normalized spacial score (nSPS) is 14.4. The van der Waals surface area contributed by atoms with E-state index >= 15 is 0 Å². The lowest BCUT2D eigenvalue weighted by Crippen LogP contribution is -2.20. The maximum absolute atomic E-state index is 14.8. The van der Waals surface area contributed by atoms with Gasteiger partial charge in [-0.1, -0.05) is 30.9 Å². The molecule has 7 heteroatoms. The summed E-state index contributed by atoms with van der Waals surface area (Å²) in [6, 6.07) is 11.3. The monoisotopic (exact) mass is 532 g/mol. The van der Waals surface area contributed by atoms with Crippen molar-refractivity contribution in [2.45, 2.75) is 32.6 Å². The predicted octanol–water partition coefficient (Wildman–Crippen LogP) is 7.48. The highest BCUT2D eigenvalue weighted by Gasteiger charge is 2.16. The van der Waals surface area contributed by atoms with E-state index in [9.17, 15) is 4.39 Å². The third-order valence-corrected chi connectivity index (χ3v) is 7.55. The zero-order valence-electron chi connectivity index (χ0n) is 22.8. The van der Waals surface area contributed by atoms with Crippen LogP contribution in [-0.4, -0.2) is 49.7 Å². The Labute approximate surface area is 233 Å². The van der Waals surface area contributed by atoms with E-state index in [1.165, 1.54) is 25.9 Å². The maximum Gasteiger partial charge on any atom is 0.124 e. The van der Waals surface area contributed by atoms with Gasteiger partial charge in [0.2, 0.25) is 0 Å². The Morgan fingerprint density at radius 2 is 1.88 bits per heavy atom. The molecule has 0 amide bonds. The van der Waals surface area contributed by atoms with Crippen LogP contribution in [0.15, 0.2) is 79.7 Å². The molecule has 40 heavy (non-hydrogen) atoms. The molecule has 0 spiro atoms. The van der Waals surface area contributed by atoms with Crippen molar-refractivity contribution >= 4 is 27.4 Å². The highest BCUT2D eigenvalue weighted by molar-refractivity contribution is 6.00. The lowest BCUT2D eigenvalue weighted by Gasteiger charge is -2.14. The highest BCUT2D eigenvalue weighted by atomic mass is 19.1. The molecule has 1 aliphatic rings. The number of pyridine rings is 2. The number of allylic oxidation sites excluding steroid dienone is 5. The molecule has 6 nitrogen and oxygen atoms in total. The van der Waals surface area contributed by atoms with Crippen molar-refractivity contribution in [1.29, 1.82) is 0 Å². The summed E-state index contributed by atoms with van der Waals surface area (Å²) in [5, 5.41) is 9.55. The number of hydrogen-bond donors (Lipinski definition) is 2. The summed E-state index contributed by atoms with van der Waals surface area (Å²) in [5.74, 6) is -0.231. The number of aromatic amines is 2. The van der Waals surface area contributed by atoms with E-state index in [-0.39, 0.29) is 5.82 Å². The van der Waals surface area contributed by atoms with Crippen LogP contribution < -0.4 is 0 Å². The summed E-state index contributed by atoms with van der Waals surface area (Å²) in [6.45, 7) is 9.56. The fraction of sp³-hybridized carbons (Fsp3) is 0.242. The molecule has 2 N–H and O–H groups in total. The van der Waals surface area contributed by atoms with Crippen LogP contribution in [0.3, 0.4) is 0 Å². The minimum absolute atomic E-state index is 0.231. The Balaban J connectivity index is 1.32. The fourth-order valence-corrected chi connectivity index (χ4v) is 5.52. The van der Waals surface area contributed by atoms with Crippen LogP contribution >= 0.6 is 0 Å². The van der Waals surface area contributed by atoms with Crippen LogP contribution in [0.2, 0.25) is 0 Å². The van der Waals surface area contributed by atoms with Gasteiger partial charge in [-0.3, -0.25) is 15.1 Å².